The molecule has 1 rings (SSSR count). The molecule has 64 valence electrons. The molecular formula is C10H12O2. The first kappa shape index (κ1) is 8.78. The average Bonchev–Trinajstić information content (AvgIpc) is 2.04. The van der Waals surface area contributed by atoms with Gasteiger partial charge in [-0.3, -0.25) is 4.79 Å². The van der Waals surface area contributed by atoms with Crippen molar-refractivity contribution in [2.24, 2.45) is 0 Å². The van der Waals surface area contributed by atoms with Gasteiger partial charge in [-0.25, -0.2) is 0 Å². The fourth-order valence-electron chi connectivity index (χ4n) is 0.939. The Balaban J connectivity index is 2.89. The lowest BCUT2D eigenvalue weighted by Gasteiger charge is -2.10. The third-order valence-electron chi connectivity index (χ3n) is 1.41. The van der Waals surface area contributed by atoms with Gasteiger partial charge in [-0.05, 0) is 26.0 Å². The second-order valence-electron chi connectivity index (χ2n) is 2.82. The molecule has 2 heteroatoms. The molecule has 12 heavy (non-hydrogen) atoms. The Morgan fingerprint density at radius 2 is 2.00 bits per heavy atom. The second-order valence-corrected chi connectivity index (χ2v) is 2.82. The van der Waals surface area contributed by atoms with Gasteiger partial charge < -0.3 is 4.74 Å². The summed E-state index contributed by atoms with van der Waals surface area (Å²) in [5.74, 6) is 0.655. The summed E-state index contributed by atoms with van der Waals surface area (Å²) in [6, 6.07) is 7.20. The summed E-state index contributed by atoms with van der Waals surface area (Å²) < 4.78 is 5.40. The fourth-order valence-corrected chi connectivity index (χ4v) is 0.939. The standard InChI is InChI=1S/C10H12O2/c1-8(2)12-10-6-4-3-5-9(10)7-11/h3-8H,1-2H3. The first-order chi connectivity index (χ1) is 5.74. The van der Waals surface area contributed by atoms with Gasteiger partial charge >= 0.3 is 0 Å². The average molecular weight is 164 g/mol. The molecule has 0 aliphatic carbocycles. The molecule has 0 heterocycles. The summed E-state index contributed by atoms with van der Waals surface area (Å²) in [5, 5.41) is 0. The molecule has 0 aliphatic heterocycles. The van der Waals surface area contributed by atoms with Crippen LogP contribution in [-0.4, -0.2) is 12.4 Å². The van der Waals surface area contributed by atoms with Crippen LogP contribution < -0.4 is 4.74 Å². The topological polar surface area (TPSA) is 26.3 Å². The van der Waals surface area contributed by atoms with Gasteiger partial charge in [-0.2, -0.15) is 0 Å². The first-order valence-corrected chi connectivity index (χ1v) is 3.95. The third-order valence-corrected chi connectivity index (χ3v) is 1.41. The van der Waals surface area contributed by atoms with Gasteiger partial charge in [-0.1, -0.05) is 12.1 Å². The van der Waals surface area contributed by atoms with Crippen LogP contribution in [0.4, 0.5) is 0 Å². The van der Waals surface area contributed by atoms with E-state index in [0.29, 0.717) is 11.3 Å². The number of hydrogen-bond acceptors (Lipinski definition) is 2. The zero-order valence-electron chi connectivity index (χ0n) is 7.28. The van der Waals surface area contributed by atoms with E-state index in [9.17, 15) is 4.79 Å². The molecule has 0 aromatic heterocycles. The lowest BCUT2D eigenvalue weighted by atomic mass is 10.2. The SMILES string of the molecule is CC(C)Oc1ccccc1C=O. The largest absolute Gasteiger partial charge is 0.490 e. The summed E-state index contributed by atoms with van der Waals surface area (Å²) >= 11 is 0. The molecule has 1 aromatic carbocycles. The summed E-state index contributed by atoms with van der Waals surface area (Å²) in [7, 11) is 0. The lowest BCUT2D eigenvalue weighted by molar-refractivity contribution is 0.111. The minimum Gasteiger partial charge on any atom is -0.490 e. The Bertz CT molecular complexity index is 266. The van der Waals surface area contributed by atoms with Crippen molar-refractivity contribution in [3.63, 3.8) is 0 Å². The highest BCUT2D eigenvalue weighted by Gasteiger charge is 2.02. The fraction of sp³-hybridized carbons (Fsp3) is 0.300. The molecule has 2 nitrogen and oxygen atoms in total. The quantitative estimate of drug-likeness (QED) is 0.640. The number of hydrogen-bond donors (Lipinski definition) is 0. The number of benzene rings is 1. The normalized spacial score (nSPS) is 9.92. The van der Waals surface area contributed by atoms with E-state index in [0.717, 1.165) is 6.29 Å². The first-order valence-electron chi connectivity index (χ1n) is 3.95. The highest BCUT2D eigenvalue weighted by Crippen LogP contribution is 2.16. The van der Waals surface area contributed by atoms with Crippen LogP contribution in [0.1, 0.15) is 24.2 Å². The Labute approximate surface area is 72.2 Å². The van der Waals surface area contributed by atoms with E-state index in [2.05, 4.69) is 0 Å². The second kappa shape index (κ2) is 3.90. The zero-order valence-corrected chi connectivity index (χ0v) is 7.28. The zero-order chi connectivity index (χ0) is 8.97. The third kappa shape index (κ3) is 2.09. The van der Waals surface area contributed by atoms with Crippen molar-refractivity contribution < 1.29 is 9.53 Å². The molecule has 0 fully saturated rings. The van der Waals surface area contributed by atoms with Crippen molar-refractivity contribution in [2.45, 2.75) is 20.0 Å². The van der Waals surface area contributed by atoms with Crippen molar-refractivity contribution >= 4 is 6.29 Å². The number of para-hydroxylation sites is 1. The molecule has 0 amide bonds. The predicted molar refractivity (Wildman–Crippen MR) is 47.6 cm³/mol. The van der Waals surface area contributed by atoms with Crippen molar-refractivity contribution in [1.82, 2.24) is 0 Å². The van der Waals surface area contributed by atoms with Crippen LogP contribution in [0.2, 0.25) is 0 Å². The van der Waals surface area contributed by atoms with E-state index in [-0.39, 0.29) is 6.10 Å². The van der Waals surface area contributed by atoms with E-state index in [4.69, 9.17) is 4.74 Å². The van der Waals surface area contributed by atoms with E-state index in [1.54, 1.807) is 12.1 Å². The summed E-state index contributed by atoms with van der Waals surface area (Å²) in [6.07, 6.45) is 0.906. The molecule has 0 bridgehead atoms. The Hall–Kier alpha value is -1.31. The Kier molecular flexibility index (Phi) is 2.86. The summed E-state index contributed by atoms with van der Waals surface area (Å²) in [6.45, 7) is 3.86. The number of carbonyl (C=O) groups excluding carboxylic acids is 1. The maximum Gasteiger partial charge on any atom is 0.153 e. The minimum atomic E-state index is 0.103. The molecule has 0 saturated carbocycles. The van der Waals surface area contributed by atoms with E-state index in [1.165, 1.54) is 0 Å². The van der Waals surface area contributed by atoms with E-state index in [1.807, 2.05) is 26.0 Å². The molecule has 0 saturated heterocycles. The van der Waals surface area contributed by atoms with Crippen LogP contribution in [-0.2, 0) is 0 Å². The molecule has 0 radical (unpaired) electrons. The smallest absolute Gasteiger partial charge is 0.153 e. The Morgan fingerprint density at radius 3 is 2.58 bits per heavy atom. The van der Waals surface area contributed by atoms with Crippen LogP contribution >= 0.6 is 0 Å². The van der Waals surface area contributed by atoms with E-state index >= 15 is 0 Å². The van der Waals surface area contributed by atoms with Gasteiger partial charge in [0.2, 0.25) is 0 Å². The summed E-state index contributed by atoms with van der Waals surface area (Å²) in [5.41, 5.74) is 0.603. The lowest BCUT2D eigenvalue weighted by Crippen LogP contribution is -2.06. The van der Waals surface area contributed by atoms with Gasteiger partial charge in [0.05, 0.1) is 11.7 Å². The van der Waals surface area contributed by atoms with E-state index < -0.39 is 0 Å². The van der Waals surface area contributed by atoms with Crippen LogP contribution in [0.15, 0.2) is 24.3 Å². The molecule has 0 spiro atoms. The van der Waals surface area contributed by atoms with Gasteiger partial charge in [0.15, 0.2) is 6.29 Å². The molecule has 0 aliphatic rings. The molecular weight excluding hydrogens is 152 g/mol. The highest BCUT2D eigenvalue weighted by molar-refractivity contribution is 5.79. The maximum absolute atomic E-state index is 10.5. The predicted octanol–water partition coefficient (Wildman–Crippen LogP) is 2.29. The maximum atomic E-state index is 10.5. The van der Waals surface area contributed by atoms with Gasteiger partial charge in [0.25, 0.3) is 0 Å². The summed E-state index contributed by atoms with van der Waals surface area (Å²) in [4.78, 5) is 10.5. The number of aldehydes is 1. The molecule has 0 N–H and O–H groups in total. The number of rotatable bonds is 3. The van der Waals surface area contributed by atoms with Gasteiger partial charge in [0, 0.05) is 0 Å². The molecule has 1 aromatic rings. The number of carbonyl (C=O) groups is 1. The van der Waals surface area contributed by atoms with Crippen LogP contribution in [0.5, 0.6) is 5.75 Å². The van der Waals surface area contributed by atoms with Crippen molar-refractivity contribution in [3.05, 3.63) is 29.8 Å². The van der Waals surface area contributed by atoms with Crippen molar-refractivity contribution in [2.75, 3.05) is 0 Å². The van der Waals surface area contributed by atoms with Crippen LogP contribution in [0, 0.1) is 0 Å². The van der Waals surface area contributed by atoms with Crippen LogP contribution in [0.25, 0.3) is 0 Å². The van der Waals surface area contributed by atoms with Crippen LogP contribution in [0.3, 0.4) is 0 Å². The molecule has 0 unspecified atom stereocenters. The Morgan fingerprint density at radius 1 is 1.33 bits per heavy atom. The van der Waals surface area contributed by atoms with Crippen molar-refractivity contribution in [1.29, 1.82) is 0 Å². The highest BCUT2D eigenvalue weighted by atomic mass is 16.5. The number of ether oxygens (including phenoxy) is 1. The van der Waals surface area contributed by atoms with Crippen molar-refractivity contribution in [3.8, 4) is 5.75 Å². The minimum absolute atomic E-state index is 0.103. The van der Waals surface area contributed by atoms with Gasteiger partial charge in [-0.15, -0.1) is 0 Å². The molecule has 0 atom stereocenters. The monoisotopic (exact) mass is 164 g/mol. The van der Waals surface area contributed by atoms with Gasteiger partial charge in [0.1, 0.15) is 5.75 Å².